The Morgan fingerprint density at radius 1 is 1.08 bits per heavy atom. The molecule has 0 bridgehead atoms. The molecule has 8 heteroatoms. The van der Waals surface area contributed by atoms with Gasteiger partial charge in [0.15, 0.2) is 0 Å². The van der Waals surface area contributed by atoms with Gasteiger partial charge in [-0.25, -0.2) is 6.57 Å². The van der Waals surface area contributed by atoms with Gasteiger partial charge in [0.1, 0.15) is 18.2 Å². The van der Waals surface area contributed by atoms with E-state index in [-0.39, 0.29) is 5.75 Å². The molecule has 2 saturated heterocycles. The van der Waals surface area contributed by atoms with Crippen LogP contribution in [0.4, 0.5) is 11.5 Å². The number of rotatable bonds is 6. The third-order valence-electron chi connectivity index (χ3n) is 8.43. The Hall–Kier alpha value is -3.57. The Labute approximate surface area is 224 Å². The van der Waals surface area contributed by atoms with Crippen LogP contribution in [-0.4, -0.2) is 72.4 Å². The maximum absolute atomic E-state index is 10.5. The summed E-state index contributed by atoms with van der Waals surface area (Å²) < 4.78 is 6.26. The fourth-order valence-electron chi connectivity index (χ4n) is 6.35. The van der Waals surface area contributed by atoms with Gasteiger partial charge in [0, 0.05) is 54.3 Å². The van der Waals surface area contributed by atoms with E-state index in [1.807, 2.05) is 30.3 Å². The van der Waals surface area contributed by atoms with Crippen molar-refractivity contribution in [3.05, 3.63) is 59.1 Å². The number of piperidine rings is 1. The van der Waals surface area contributed by atoms with E-state index < -0.39 is 0 Å². The number of aromatic hydroxyl groups is 1. The molecule has 0 spiro atoms. The number of ether oxygens (including phenoxy) is 1. The maximum Gasteiger partial charge on any atom is 0.318 e. The fourth-order valence-corrected chi connectivity index (χ4v) is 6.35. The SMILES string of the molecule is [C-]#[N+]C[C@@H]1CCCN(c2nc(OC[C@@H]3CCCN3C)nc3c2CCN(c2cc(O)cc4ccccc24)C3)C1. The van der Waals surface area contributed by atoms with Gasteiger partial charge in [0.25, 0.3) is 0 Å². The van der Waals surface area contributed by atoms with Crippen molar-refractivity contribution in [1.29, 1.82) is 0 Å². The number of aromatic nitrogens is 2. The van der Waals surface area contributed by atoms with E-state index in [1.165, 1.54) is 12.0 Å². The first-order valence-corrected chi connectivity index (χ1v) is 13.9. The molecule has 3 aliphatic heterocycles. The van der Waals surface area contributed by atoms with Gasteiger partial charge in [0.05, 0.1) is 12.2 Å². The molecule has 38 heavy (non-hydrogen) atoms. The smallest absolute Gasteiger partial charge is 0.318 e. The summed E-state index contributed by atoms with van der Waals surface area (Å²) in [4.78, 5) is 20.7. The summed E-state index contributed by atoms with van der Waals surface area (Å²) in [6.07, 6.45) is 5.33. The van der Waals surface area contributed by atoms with Gasteiger partial charge in [-0.1, -0.05) is 24.3 Å². The van der Waals surface area contributed by atoms with E-state index in [9.17, 15) is 5.11 Å². The number of anilines is 2. The van der Waals surface area contributed by atoms with Crippen molar-refractivity contribution in [3.63, 3.8) is 0 Å². The van der Waals surface area contributed by atoms with E-state index in [0.29, 0.717) is 37.7 Å². The van der Waals surface area contributed by atoms with Gasteiger partial charge in [-0.05, 0) is 57.1 Å². The normalized spacial score (nSPS) is 21.9. The molecule has 1 aromatic heterocycles. The second-order valence-electron chi connectivity index (χ2n) is 11.0. The molecular formula is C30H36N6O2. The molecule has 2 fully saturated rings. The van der Waals surface area contributed by atoms with Crippen LogP contribution in [0.2, 0.25) is 0 Å². The van der Waals surface area contributed by atoms with E-state index in [0.717, 1.165) is 79.8 Å². The van der Waals surface area contributed by atoms with Crippen LogP contribution in [0.25, 0.3) is 15.6 Å². The first kappa shape index (κ1) is 24.7. The maximum atomic E-state index is 10.5. The fraction of sp³-hybridized carbons (Fsp3) is 0.500. The zero-order chi connectivity index (χ0) is 26.1. The second-order valence-corrected chi connectivity index (χ2v) is 11.0. The van der Waals surface area contributed by atoms with Crippen LogP contribution in [0.5, 0.6) is 11.8 Å². The zero-order valence-corrected chi connectivity index (χ0v) is 22.1. The minimum Gasteiger partial charge on any atom is -0.508 e. The van der Waals surface area contributed by atoms with E-state index in [4.69, 9.17) is 21.3 Å². The average molecular weight is 513 g/mol. The Morgan fingerprint density at radius 3 is 2.79 bits per heavy atom. The molecule has 3 aliphatic rings. The van der Waals surface area contributed by atoms with E-state index >= 15 is 0 Å². The lowest BCUT2D eigenvalue weighted by Gasteiger charge is -2.36. The molecule has 0 aliphatic carbocycles. The monoisotopic (exact) mass is 512 g/mol. The van der Waals surface area contributed by atoms with Crippen LogP contribution in [0, 0.1) is 12.5 Å². The molecule has 0 unspecified atom stereocenters. The average Bonchev–Trinajstić information content (AvgIpc) is 3.35. The van der Waals surface area contributed by atoms with Crippen molar-refractivity contribution >= 4 is 22.3 Å². The van der Waals surface area contributed by atoms with E-state index in [1.54, 1.807) is 0 Å². The molecular weight excluding hydrogens is 476 g/mol. The van der Waals surface area contributed by atoms with Crippen LogP contribution in [0.1, 0.15) is 36.9 Å². The van der Waals surface area contributed by atoms with Crippen molar-refractivity contribution in [2.24, 2.45) is 5.92 Å². The van der Waals surface area contributed by atoms with E-state index in [2.05, 4.69) is 32.7 Å². The number of nitrogens with zero attached hydrogens (tertiary/aromatic N) is 6. The quantitative estimate of drug-likeness (QED) is 0.488. The third-order valence-corrected chi connectivity index (χ3v) is 8.43. The van der Waals surface area contributed by atoms with Gasteiger partial charge in [-0.2, -0.15) is 9.97 Å². The van der Waals surface area contributed by atoms with Gasteiger partial charge in [-0.3, -0.25) is 0 Å². The van der Waals surface area contributed by atoms with Crippen molar-refractivity contribution in [1.82, 2.24) is 14.9 Å². The standard InChI is InChI=1S/C30H36N6O2/c1-31-17-21-7-5-13-36(18-21)29-26-11-14-35(28-16-24(37)15-22-8-3-4-10-25(22)28)19-27(26)32-30(33-29)38-20-23-9-6-12-34(23)2/h3-4,8,10,15-16,21,23,37H,5-7,9,11-14,17-20H2,2H3/t21-,23-/m0/s1. The molecule has 1 N–H and O–H groups in total. The summed E-state index contributed by atoms with van der Waals surface area (Å²) in [5.74, 6) is 1.64. The van der Waals surface area contributed by atoms with Crippen LogP contribution in [-0.2, 0) is 13.0 Å². The van der Waals surface area contributed by atoms with Crippen LogP contribution in [0.15, 0.2) is 36.4 Å². The highest BCUT2D eigenvalue weighted by molar-refractivity contribution is 5.95. The Balaban J connectivity index is 1.33. The molecule has 3 aromatic rings. The van der Waals surface area contributed by atoms with Gasteiger partial charge >= 0.3 is 6.01 Å². The van der Waals surface area contributed by atoms with Gasteiger partial charge in [-0.15, -0.1) is 0 Å². The summed E-state index contributed by atoms with van der Waals surface area (Å²) in [7, 11) is 2.16. The van der Waals surface area contributed by atoms with Crippen LogP contribution < -0.4 is 14.5 Å². The molecule has 0 saturated carbocycles. The zero-order valence-electron chi connectivity index (χ0n) is 22.1. The first-order valence-electron chi connectivity index (χ1n) is 13.9. The summed E-state index contributed by atoms with van der Waals surface area (Å²) in [5, 5.41) is 12.6. The molecule has 0 radical (unpaired) electrons. The molecule has 8 nitrogen and oxygen atoms in total. The molecule has 2 aromatic carbocycles. The topological polar surface area (TPSA) is 69.3 Å². The molecule has 2 atom stereocenters. The number of likely N-dealkylation sites (N-methyl/N-ethyl adjacent to an activating group) is 1. The summed E-state index contributed by atoms with van der Waals surface area (Å²) in [5.41, 5.74) is 3.21. The van der Waals surface area contributed by atoms with Crippen molar-refractivity contribution < 1.29 is 9.84 Å². The highest BCUT2D eigenvalue weighted by Gasteiger charge is 2.30. The van der Waals surface area contributed by atoms with Crippen molar-refractivity contribution in [2.75, 3.05) is 56.2 Å². The number of phenolic OH excluding ortho intramolecular Hbond substituents is 1. The van der Waals surface area contributed by atoms with Crippen molar-refractivity contribution in [2.45, 2.75) is 44.7 Å². The number of hydrogen-bond acceptors (Lipinski definition) is 7. The largest absolute Gasteiger partial charge is 0.508 e. The lowest BCUT2D eigenvalue weighted by molar-refractivity contribution is 0.187. The predicted octanol–water partition coefficient (Wildman–Crippen LogP) is 4.51. The minimum atomic E-state index is 0.275. The van der Waals surface area contributed by atoms with Crippen LogP contribution in [0.3, 0.4) is 0 Å². The third kappa shape index (κ3) is 4.95. The highest BCUT2D eigenvalue weighted by atomic mass is 16.5. The highest BCUT2D eigenvalue weighted by Crippen LogP contribution is 2.37. The Morgan fingerprint density at radius 2 is 1.95 bits per heavy atom. The molecule has 0 amide bonds. The number of fused-ring (bicyclic) bond motifs is 2. The summed E-state index contributed by atoms with van der Waals surface area (Å²) in [6, 6.07) is 12.7. The number of phenols is 1. The molecule has 6 rings (SSSR count). The lowest BCUT2D eigenvalue weighted by Crippen LogP contribution is -2.39. The number of hydrogen-bond donors (Lipinski definition) is 1. The Kier molecular flexibility index (Phi) is 6.94. The Bertz CT molecular complexity index is 1350. The van der Waals surface area contributed by atoms with Gasteiger partial charge in [0.2, 0.25) is 6.54 Å². The van der Waals surface area contributed by atoms with Crippen molar-refractivity contribution in [3.8, 4) is 11.8 Å². The molecule has 4 heterocycles. The van der Waals surface area contributed by atoms with Crippen LogP contribution >= 0.6 is 0 Å². The number of likely N-dealkylation sites (tertiary alicyclic amines) is 1. The lowest BCUT2D eigenvalue weighted by atomic mass is 9.96. The summed E-state index contributed by atoms with van der Waals surface area (Å²) >= 11 is 0. The van der Waals surface area contributed by atoms with Gasteiger partial charge < -0.3 is 29.4 Å². The molecule has 198 valence electrons. The minimum absolute atomic E-state index is 0.275. The predicted molar refractivity (Wildman–Crippen MR) is 150 cm³/mol. The summed E-state index contributed by atoms with van der Waals surface area (Å²) in [6.45, 7) is 12.9. The second kappa shape index (κ2) is 10.7. The number of benzene rings is 2. The first-order chi connectivity index (χ1) is 18.6.